The predicted molar refractivity (Wildman–Crippen MR) is 157 cm³/mol. The van der Waals surface area contributed by atoms with Crippen LogP contribution in [0.5, 0.6) is 5.88 Å². The molecule has 1 N–H and O–H groups in total. The van der Waals surface area contributed by atoms with Crippen molar-refractivity contribution in [3.8, 4) is 17.0 Å². The Morgan fingerprint density at radius 1 is 0.909 bits per heavy atom. The number of methoxy groups -OCH3 is 1. The van der Waals surface area contributed by atoms with Crippen molar-refractivity contribution in [2.24, 2.45) is 0 Å². The van der Waals surface area contributed by atoms with E-state index < -0.39 is 32.4 Å². The van der Waals surface area contributed by atoms with Gasteiger partial charge in [0.1, 0.15) is 22.2 Å². The summed E-state index contributed by atoms with van der Waals surface area (Å²) in [4.78, 5) is 34.6. The van der Waals surface area contributed by atoms with Gasteiger partial charge in [-0.3, -0.25) is 19.3 Å². The van der Waals surface area contributed by atoms with Gasteiger partial charge in [0.15, 0.2) is 11.6 Å². The normalized spacial score (nSPS) is 13.8. The Labute approximate surface area is 250 Å². The van der Waals surface area contributed by atoms with Crippen LogP contribution in [0.1, 0.15) is 6.92 Å². The Balaban J connectivity index is 1.47. The zero-order valence-corrected chi connectivity index (χ0v) is 24.4. The highest BCUT2D eigenvalue weighted by Crippen LogP contribution is 2.35. The lowest BCUT2D eigenvalue weighted by atomic mass is 10.0. The van der Waals surface area contributed by atoms with Crippen molar-refractivity contribution in [1.29, 1.82) is 0 Å². The first-order chi connectivity index (χ1) is 21.0. The maximum absolute atomic E-state index is 15.3. The molecule has 44 heavy (non-hydrogen) atoms. The molecule has 4 aromatic rings. The van der Waals surface area contributed by atoms with Crippen LogP contribution in [0.2, 0.25) is 0 Å². The summed E-state index contributed by atoms with van der Waals surface area (Å²) in [6.45, 7) is 2.63. The van der Waals surface area contributed by atoms with Gasteiger partial charge in [-0.05, 0) is 48.9 Å². The second-order valence-corrected chi connectivity index (χ2v) is 11.6. The third-order valence-electron chi connectivity index (χ3n) is 6.97. The number of benzene rings is 2. The number of carbonyl (C=O) groups is 2. The largest absolute Gasteiger partial charge is 0.480 e. The van der Waals surface area contributed by atoms with Gasteiger partial charge in [-0.15, -0.1) is 0 Å². The number of halogens is 3. The first-order valence-electron chi connectivity index (χ1n) is 13.3. The van der Waals surface area contributed by atoms with E-state index in [1.807, 2.05) is 4.90 Å². The van der Waals surface area contributed by atoms with Crippen LogP contribution >= 0.6 is 0 Å². The highest BCUT2D eigenvalue weighted by molar-refractivity contribution is 7.92. The van der Waals surface area contributed by atoms with E-state index in [0.717, 1.165) is 18.3 Å². The summed E-state index contributed by atoms with van der Waals surface area (Å²) < 4.78 is 76.3. The molecule has 1 aliphatic rings. The number of hydrogen-bond donors (Lipinski definition) is 1. The summed E-state index contributed by atoms with van der Waals surface area (Å²) >= 11 is 0. The van der Waals surface area contributed by atoms with E-state index in [4.69, 9.17) is 4.74 Å². The Morgan fingerprint density at radius 3 is 2.34 bits per heavy atom. The number of anilines is 2. The molecular formula is C30H26F3N5O5S. The lowest BCUT2D eigenvalue weighted by molar-refractivity contribution is -0.126. The van der Waals surface area contributed by atoms with Gasteiger partial charge >= 0.3 is 0 Å². The fourth-order valence-electron chi connectivity index (χ4n) is 4.84. The number of carbonyl (C=O) groups excluding carboxylic acids is 2. The van der Waals surface area contributed by atoms with Crippen LogP contribution in [0.15, 0.2) is 71.9 Å². The maximum Gasteiger partial charge on any atom is 0.264 e. The maximum atomic E-state index is 15.3. The van der Waals surface area contributed by atoms with Crippen molar-refractivity contribution in [2.75, 3.05) is 42.9 Å². The molecule has 2 aromatic heterocycles. The van der Waals surface area contributed by atoms with Crippen LogP contribution in [0.3, 0.4) is 0 Å². The van der Waals surface area contributed by atoms with E-state index in [1.54, 1.807) is 23.1 Å². The number of ether oxygens (including phenoxy) is 1. The summed E-state index contributed by atoms with van der Waals surface area (Å²) in [5, 5.41) is 0.477. The number of aromatic nitrogens is 2. The smallest absolute Gasteiger partial charge is 0.264 e. The molecule has 0 unspecified atom stereocenters. The first kappa shape index (κ1) is 30.5. The molecule has 1 amide bonds. The number of amides is 1. The average molecular weight is 626 g/mol. The number of rotatable bonds is 8. The zero-order valence-electron chi connectivity index (χ0n) is 23.6. The zero-order chi connectivity index (χ0) is 31.6. The van der Waals surface area contributed by atoms with Gasteiger partial charge in [0, 0.05) is 55.5 Å². The summed E-state index contributed by atoms with van der Waals surface area (Å²) in [5.41, 5.74) is 1.65. The van der Waals surface area contributed by atoms with Crippen LogP contribution in [0.25, 0.3) is 22.0 Å². The third kappa shape index (κ3) is 6.34. The molecule has 0 aliphatic carbocycles. The standard InChI is InChI=1S/C30H26F3N5O5S/c1-18(39)3-8-28(40)37-9-11-38(12-10-37)29-22-13-19(4-6-25(22)34-17-24(29)33)20-14-26(30(43-2)35-16-20)36-44(41,42)27-7-5-21(31)15-23(27)32/h3-8,13-17,36H,9-12H2,1-2H3. The number of ketones is 1. The second kappa shape index (κ2) is 12.3. The molecule has 228 valence electrons. The molecule has 3 heterocycles. The van der Waals surface area contributed by atoms with Crippen molar-refractivity contribution in [1.82, 2.24) is 14.9 Å². The highest BCUT2D eigenvalue weighted by Gasteiger charge is 2.25. The molecule has 14 heteroatoms. The number of sulfonamides is 1. The third-order valence-corrected chi connectivity index (χ3v) is 8.37. The summed E-state index contributed by atoms with van der Waals surface area (Å²) in [7, 11) is -3.22. The highest BCUT2D eigenvalue weighted by atomic mass is 32.2. The number of pyridine rings is 2. The minimum absolute atomic E-state index is 0.0976. The van der Waals surface area contributed by atoms with Crippen molar-refractivity contribution in [3.63, 3.8) is 0 Å². The number of allylic oxidation sites excluding steroid dienone is 1. The molecule has 0 spiro atoms. The lowest BCUT2D eigenvalue weighted by Crippen LogP contribution is -2.48. The Bertz CT molecular complexity index is 1910. The summed E-state index contributed by atoms with van der Waals surface area (Å²) in [6.07, 6.45) is 4.99. The Kier molecular flexibility index (Phi) is 8.54. The number of piperazine rings is 1. The fourth-order valence-corrected chi connectivity index (χ4v) is 5.95. The van der Waals surface area contributed by atoms with E-state index in [2.05, 4.69) is 14.7 Å². The van der Waals surface area contributed by atoms with Crippen molar-refractivity contribution in [2.45, 2.75) is 11.8 Å². The van der Waals surface area contributed by atoms with E-state index >= 15 is 4.39 Å². The number of nitrogens with one attached hydrogen (secondary N) is 1. The molecule has 1 fully saturated rings. The van der Waals surface area contributed by atoms with E-state index in [1.165, 1.54) is 38.4 Å². The van der Waals surface area contributed by atoms with Crippen LogP contribution < -0.4 is 14.4 Å². The van der Waals surface area contributed by atoms with Gasteiger partial charge in [-0.2, -0.15) is 0 Å². The molecule has 0 saturated carbocycles. The number of fused-ring (bicyclic) bond motifs is 1. The van der Waals surface area contributed by atoms with Gasteiger partial charge in [-0.1, -0.05) is 6.07 Å². The molecular weight excluding hydrogens is 599 g/mol. The van der Waals surface area contributed by atoms with E-state index in [-0.39, 0.29) is 28.9 Å². The van der Waals surface area contributed by atoms with Gasteiger partial charge in [0.25, 0.3) is 10.0 Å². The van der Waals surface area contributed by atoms with Crippen molar-refractivity contribution < 1.29 is 35.9 Å². The van der Waals surface area contributed by atoms with Gasteiger partial charge in [0.2, 0.25) is 11.8 Å². The van der Waals surface area contributed by atoms with Crippen LogP contribution in [0, 0.1) is 17.5 Å². The quantitative estimate of drug-likeness (QED) is 0.288. The monoisotopic (exact) mass is 625 g/mol. The Hall–Kier alpha value is -4.98. The van der Waals surface area contributed by atoms with Crippen LogP contribution in [-0.2, 0) is 19.6 Å². The summed E-state index contributed by atoms with van der Waals surface area (Å²) in [5.74, 6) is -3.40. The van der Waals surface area contributed by atoms with Crippen LogP contribution in [0.4, 0.5) is 24.5 Å². The second-order valence-electron chi connectivity index (χ2n) is 9.90. The molecule has 1 saturated heterocycles. The Morgan fingerprint density at radius 2 is 1.66 bits per heavy atom. The van der Waals surface area contributed by atoms with Gasteiger partial charge < -0.3 is 14.5 Å². The van der Waals surface area contributed by atoms with Gasteiger partial charge in [-0.25, -0.2) is 26.6 Å². The minimum atomic E-state index is -4.50. The van der Waals surface area contributed by atoms with E-state index in [0.29, 0.717) is 54.3 Å². The van der Waals surface area contributed by atoms with E-state index in [9.17, 15) is 26.8 Å². The molecule has 1 aliphatic heterocycles. The van der Waals surface area contributed by atoms with Crippen molar-refractivity contribution >= 4 is 44.0 Å². The first-order valence-corrected chi connectivity index (χ1v) is 14.8. The topological polar surface area (TPSA) is 122 Å². The predicted octanol–water partition coefficient (Wildman–Crippen LogP) is 4.32. The SMILES string of the molecule is COc1ncc(-c2ccc3ncc(F)c(N4CCN(C(=O)C=CC(C)=O)CC4)c3c2)cc1NS(=O)(=O)c1ccc(F)cc1F. The number of hydrogen-bond acceptors (Lipinski definition) is 8. The molecule has 5 rings (SSSR count). The van der Waals surface area contributed by atoms with Crippen molar-refractivity contribution in [3.05, 3.63) is 84.5 Å². The molecule has 2 aromatic carbocycles. The minimum Gasteiger partial charge on any atom is -0.480 e. The lowest BCUT2D eigenvalue weighted by Gasteiger charge is -2.36. The molecule has 0 bridgehead atoms. The fraction of sp³-hybridized carbons (Fsp3) is 0.200. The molecule has 0 radical (unpaired) electrons. The average Bonchev–Trinajstić information content (AvgIpc) is 2.99. The molecule has 10 nitrogen and oxygen atoms in total. The number of nitrogens with zero attached hydrogens (tertiary/aromatic N) is 4. The van der Waals surface area contributed by atoms with Crippen LogP contribution in [-0.4, -0.2) is 68.3 Å². The molecule has 0 atom stereocenters. The summed E-state index contributed by atoms with van der Waals surface area (Å²) in [6, 6.07) is 8.60. The van der Waals surface area contributed by atoms with Gasteiger partial charge in [0.05, 0.1) is 24.5 Å².